The van der Waals surface area contributed by atoms with E-state index in [1.54, 1.807) is 0 Å². The first kappa shape index (κ1) is 29.7. The molecule has 10 rings (SSSR count). The Bertz CT molecular complexity index is 2700. The van der Waals surface area contributed by atoms with E-state index in [9.17, 15) is 0 Å². The molecule has 0 unspecified atom stereocenters. The van der Waals surface area contributed by atoms with Gasteiger partial charge in [0.2, 0.25) is 0 Å². The van der Waals surface area contributed by atoms with E-state index in [0.29, 0.717) is 0 Å². The maximum atomic E-state index is 5.16. The van der Waals surface area contributed by atoms with Crippen LogP contribution in [0.1, 0.15) is 23.6 Å². The highest BCUT2D eigenvalue weighted by Crippen LogP contribution is 2.52. The van der Waals surface area contributed by atoms with Crippen LogP contribution in [0.4, 0.5) is 0 Å². The monoisotopic (exact) mass is 668 g/mol. The lowest BCUT2D eigenvalue weighted by molar-refractivity contribution is 0.714. The van der Waals surface area contributed by atoms with Crippen molar-refractivity contribution in [2.75, 3.05) is 0 Å². The van der Waals surface area contributed by atoms with Crippen LogP contribution >= 0.6 is 11.3 Å². The fourth-order valence-corrected chi connectivity index (χ4v) is 9.22. The minimum atomic E-state index is -0.197. The Labute approximate surface area is 301 Å². The van der Waals surface area contributed by atoms with Gasteiger partial charge in [0.25, 0.3) is 0 Å². The molecule has 2 nitrogen and oxygen atoms in total. The summed E-state index contributed by atoms with van der Waals surface area (Å²) in [6, 6.07) is 63.2. The smallest absolute Gasteiger partial charge is 0.160 e. The van der Waals surface area contributed by atoms with Crippen molar-refractivity contribution in [2.24, 2.45) is 0 Å². The van der Waals surface area contributed by atoms with Gasteiger partial charge in [-0.1, -0.05) is 164 Å². The van der Waals surface area contributed by atoms with E-state index in [1.807, 2.05) is 29.5 Å². The summed E-state index contributed by atoms with van der Waals surface area (Å²) in [6.45, 7) is 2.36. The van der Waals surface area contributed by atoms with Crippen molar-refractivity contribution >= 4 is 31.5 Å². The van der Waals surface area contributed by atoms with Gasteiger partial charge in [0.15, 0.2) is 5.82 Å². The molecule has 7 aromatic carbocycles. The number of fused-ring (bicyclic) bond motifs is 6. The van der Waals surface area contributed by atoms with Crippen LogP contribution in [0, 0.1) is 0 Å². The van der Waals surface area contributed by atoms with Gasteiger partial charge in [-0.2, -0.15) is 0 Å². The van der Waals surface area contributed by atoms with Crippen molar-refractivity contribution in [3.63, 3.8) is 0 Å². The Balaban J connectivity index is 1.03. The van der Waals surface area contributed by atoms with E-state index in [1.165, 1.54) is 59.1 Å². The molecule has 9 aromatic rings. The predicted octanol–water partition coefficient (Wildman–Crippen LogP) is 12.8. The normalized spacial score (nSPS) is 13.0. The molecule has 0 spiro atoms. The van der Waals surface area contributed by atoms with Crippen LogP contribution in [-0.4, -0.2) is 9.97 Å². The fourth-order valence-electron chi connectivity index (χ4n) is 7.99. The molecular formula is C48H32N2S. The summed E-state index contributed by atoms with van der Waals surface area (Å²) in [7, 11) is 0. The minimum absolute atomic E-state index is 0.197. The van der Waals surface area contributed by atoms with E-state index in [0.717, 1.165) is 33.9 Å². The van der Waals surface area contributed by atoms with Crippen LogP contribution in [0.25, 0.3) is 76.3 Å². The molecule has 0 fully saturated rings. The molecule has 2 heterocycles. The van der Waals surface area contributed by atoms with Crippen molar-refractivity contribution in [1.29, 1.82) is 0 Å². The first-order chi connectivity index (χ1) is 25.1. The highest BCUT2D eigenvalue weighted by Gasteiger charge is 2.40. The number of hydrogen-bond acceptors (Lipinski definition) is 3. The van der Waals surface area contributed by atoms with Crippen molar-refractivity contribution in [3.05, 3.63) is 193 Å². The molecule has 0 bridgehead atoms. The number of benzene rings is 7. The molecular weight excluding hydrogens is 637 g/mol. The third-order valence-corrected chi connectivity index (χ3v) is 11.9. The second kappa shape index (κ2) is 11.7. The number of thiophene rings is 1. The Morgan fingerprint density at radius 1 is 0.431 bits per heavy atom. The van der Waals surface area contributed by atoms with Crippen LogP contribution in [-0.2, 0) is 5.41 Å². The lowest BCUT2D eigenvalue weighted by Gasteiger charge is -2.28. The second-order valence-electron chi connectivity index (χ2n) is 13.5. The second-order valence-corrected chi connectivity index (χ2v) is 14.5. The molecule has 0 amide bonds. The van der Waals surface area contributed by atoms with Gasteiger partial charge in [0, 0.05) is 42.3 Å². The van der Waals surface area contributed by atoms with Gasteiger partial charge in [-0.3, -0.25) is 0 Å². The maximum Gasteiger partial charge on any atom is 0.160 e. The van der Waals surface area contributed by atoms with E-state index in [2.05, 4.69) is 165 Å². The molecule has 1 aliphatic carbocycles. The van der Waals surface area contributed by atoms with Gasteiger partial charge in [-0.15, -0.1) is 11.3 Å². The SMILES string of the molecule is CC1(c2ccc(-c3ccc(-c4cc(-c5cccc6c5sc5ccccc56)nc(-c5ccccc5)n4)cc3)cc2)c2ccccc2-c2ccccc21. The minimum Gasteiger partial charge on any atom is -0.228 e. The molecule has 51 heavy (non-hydrogen) atoms. The maximum absolute atomic E-state index is 5.16. The average Bonchev–Trinajstić information content (AvgIpc) is 3.72. The van der Waals surface area contributed by atoms with E-state index >= 15 is 0 Å². The van der Waals surface area contributed by atoms with Gasteiger partial charge in [-0.25, -0.2) is 9.97 Å². The Morgan fingerprint density at radius 2 is 0.980 bits per heavy atom. The van der Waals surface area contributed by atoms with Crippen LogP contribution < -0.4 is 0 Å². The van der Waals surface area contributed by atoms with Crippen molar-refractivity contribution < 1.29 is 0 Å². The molecule has 0 aliphatic heterocycles. The summed E-state index contributed by atoms with van der Waals surface area (Å²) >= 11 is 1.83. The highest BCUT2D eigenvalue weighted by atomic mass is 32.1. The van der Waals surface area contributed by atoms with Crippen LogP contribution in [0.2, 0.25) is 0 Å². The van der Waals surface area contributed by atoms with Gasteiger partial charge in [-0.05, 0) is 58.0 Å². The summed E-state index contributed by atoms with van der Waals surface area (Å²) in [5.41, 5.74) is 13.9. The van der Waals surface area contributed by atoms with Gasteiger partial charge in [0.1, 0.15) is 0 Å². The summed E-state index contributed by atoms with van der Waals surface area (Å²) in [5, 5.41) is 2.55. The Hall–Kier alpha value is -6.16. The third kappa shape index (κ3) is 4.77. The van der Waals surface area contributed by atoms with Gasteiger partial charge in [0.05, 0.1) is 11.4 Å². The lowest BCUT2D eigenvalue weighted by Crippen LogP contribution is -2.22. The first-order valence-electron chi connectivity index (χ1n) is 17.4. The number of aromatic nitrogens is 2. The summed E-state index contributed by atoms with van der Waals surface area (Å²) in [4.78, 5) is 10.3. The van der Waals surface area contributed by atoms with Crippen LogP contribution in [0.5, 0.6) is 0 Å². The van der Waals surface area contributed by atoms with E-state index in [-0.39, 0.29) is 5.41 Å². The number of hydrogen-bond donors (Lipinski definition) is 0. The third-order valence-electron chi connectivity index (χ3n) is 10.6. The predicted molar refractivity (Wildman–Crippen MR) is 214 cm³/mol. The Morgan fingerprint density at radius 3 is 1.71 bits per heavy atom. The first-order valence-corrected chi connectivity index (χ1v) is 18.2. The van der Waals surface area contributed by atoms with Gasteiger partial charge < -0.3 is 0 Å². The summed E-state index contributed by atoms with van der Waals surface area (Å²) in [5.74, 6) is 0.726. The molecule has 0 atom stereocenters. The zero-order valence-corrected chi connectivity index (χ0v) is 28.9. The fraction of sp³-hybridized carbons (Fsp3) is 0.0417. The number of nitrogens with zero attached hydrogens (tertiary/aromatic N) is 2. The molecule has 3 heteroatoms. The number of rotatable bonds is 5. The van der Waals surface area contributed by atoms with Crippen molar-refractivity contribution in [2.45, 2.75) is 12.3 Å². The van der Waals surface area contributed by atoms with E-state index < -0.39 is 0 Å². The van der Waals surface area contributed by atoms with Crippen LogP contribution in [0.3, 0.4) is 0 Å². The Kier molecular flexibility index (Phi) is 6.83. The van der Waals surface area contributed by atoms with Gasteiger partial charge >= 0.3 is 0 Å². The molecule has 0 saturated carbocycles. The van der Waals surface area contributed by atoms with E-state index in [4.69, 9.17) is 9.97 Å². The lowest BCUT2D eigenvalue weighted by atomic mass is 9.74. The van der Waals surface area contributed by atoms with Crippen molar-refractivity contribution in [3.8, 4) is 56.2 Å². The zero-order chi connectivity index (χ0) is 33.9. The average molecular weight is 669 g/mol. The standard InChI is InChI=1S/C48H32N2S/c1-48(41-19-8-5-14-36(41)37-15-6-9-20-42(37)48)35-28-26-32(27-29-35)31-22-24-33(25-23-31)43-30-44(50-47(49-43)34-12-3-2-4-13-34)40-18-11-17-39-38-16-7-10-21-45(38)51-46(39)40/h2-30H,1H3. The summed E-state index contributed by atoms with van der Waals surface area (Å²) < 4.78 is 2.53. The zero-order valence-electron chi connectivity index (χ0n) is 28.0. The molecule has 0 radical (unpaired) electrons. The molecule has 1 aliphatic rings. The quantitative estimate of drug-likeness (QED) is 0.182. The molecule has 0 N–H and O–H groups in total. The molecule has 240 valence electrons. The van der Waals surface area contributed by atoms with Crippen molar-refractivity contribution in [1.82, 2.24) is 9.97 Å². The largest absolute Gasteiger partial charge is 0.228 e. The molecule has 2 aromatic heterocycles. The van der Waals surface area contributed by atoms with Crippen LogP contribution in [0.15, 0.2) is 176 Å². The topological polar surface area (TPSA) is 25.8 Å². The highest BCUT2D eigenvalue weighted by molar-refractivity contribution is 7.26. The molecule has 0 saturated heterocycles. The summed E-state index contributed by atoms with van der Waals surface area (Å²) in [6.07, 6.45) is 0.